The average molecular weight is 531 g/mol. The van der Waals surface area contributed by atoms with Crippen LogP contribution in [0.1, 0.15) is 24.8 Å². The van der Waals surface area contributed by atoms with Crippen molar-refractivity contribution < 1.29 is 19.7 Å². The van der Waals surface area contributed by atoms with Gasteiger partial charge in [-0.2, -0.15) is 0 Å². The fourth-order valence-corrected chi connectivity index (χ4v) is 4.09. The minimum Gasteiger partial charge on any atom is -0.489 e. The number of aliphatic carboxylic acids is 1. The number of aliphatic hydroxyl groups is 1. The van der Waals surface area contributed by atoms with E-state index in [0.717, 1.165) is 34.1 Å². The number of hydrogen-bond donors (Lipinski definition) is 3. The number of benzene rings is 1. The maximum atomic E-state index is 10.8. The van der Waals surface area contributed by atoms with Crippen LogP contribution in [0.15, 0.2) is 18.2 Å². The second-order valence-electron chi connectivity index (χ2n) is 5.55. The van der Waals surface area contributed by atoms with E-state index in [0.29, 0.717) is 6.42 Å². The number of carbonyl (C=O) groups is 1. The number of nitrogens with two attached hydrogens (primary N) is 1. The van der Waals surface area contributed by atoms with Crippen molar-refractivity contribution in [2.45, 2.75) is 47.9 Å². The van der Waals surface area contributed by atoms with Crippen molar-refractivity contribution in [1.82, 2.24) is 0 Å². The van der Waals surface area contributed by atoms with Gasteiger partial charge >= 0.3 is 5.97 Å². The smallest absolute Gasteiger partial charge is 0.320 e. The maximum absolute atomic E-state index is 10.8. The highest BCUT2D eigenvalue weighted by atomic mass is 127. The van der Waals surface area contributed by atoms with Crippen LogP contribution in [0.25, 0.3) is 0 Å². The lowest BCUT2D eigenvalue weighted by molar-refractivity contribution is -0.138. The van der Waals surface area contributed by atoms with Crippen molar-refractivity contribution in [3.63, 3.8) is 0 Å². The van der Waals surface area contributed by atoms with E-state index >= 15 is 0 Å². The molecule has 122 valence electrons. The first kappa shape index (κ1) is 18.2. The number of halogens is 2. The quantitative estimate of drug-likeness (QED) is 0.401. The second-order valence-corrected chi connectivity index (χ2v) is 8.31. The molecule has 2 rings (SSSR count). The number of rotatable bonds is 5. The van der Waals surface area contributed by atoms with Crippen LogP contribution in [-0.4, -0.2) is 38.4 Å². The highest BCUT2D eigenvalue weighted by Crippen LogP contribution is 2.31. The SMILES string of the molecule is NC(Cc1ccc(OC2CCC(O)C(I)C2)c(I)c1)C(=O)O. The molecule has 1 saturated carbocycles. The molecule has 4 unspecified atom stereocenters. The molecular formula is C15H19I2NO4. The third kappa shape index (κ3) is 4.93. The number of aliphatic hydroxyl groups excluding tert-OH is 1. The Labute approximate surface area is 156 Å². The molecule has 0 aliphatic heterocycles. The van der Waals surface area contributed by atoms with Crippen LogP contribution in [0.2, 0.25) is 0 Å². The van der Waals surface area contributed by atoms with Crippen LogP contribution in [0.3, 0.4) is 0 Å². The van der Waals surface area contributed by atoms with Gasteiger partial charge < -0.3 is 20.7 Å². The van der Waals surface area contributed by atoms with E-state index in [2.05, 4.69) is 45.2 Å². The molecule has 0 spiro atoms. The van der Waals surface area contributed by atoms with E-state index < -0.39 is 12.0 Å². The molecular weight excluding hydrogens is 512 g/mol. The molecule has 0 amide bonds. The molecule has 4 N–H and O–H groups in total. The van der Waals surface area contributed by atoms with Crippen molar-refractivity contribution >= 4 is 51.2 Å². The summed E-state index contributed by atoms with van der Waals surface area (Å²) in [5.74, 6) is -0.192. The van der Waals surface area contributed by atoms with Gasteiger partial charge in [0.05, 0.1) is 15.8 Å². The Hall–Kier alpha value is -0.130. The molecule has 1 fully saturated rings. The van der Waals surface area contributed by atoms with Gasteiger partial charge in [0, 0.05) is 3.92 Å². The summed E-state index contributed by atoms with van der Waals surface area (Å²) in [4.78, 5) is 10.8. The summed E-state index contributed by atoms with van der Waals surface area (Å²) < 4.78 is 7.21. The van der Waals surface area contributed by atoms with Crippen LogP contribution in [0, 0.1) is 3.57 Å². The number of alkyl halides is 1. The monoisotopic (exact) mass is 531 g/mol. The third-order valence-corrected chi connectivity index (χ3v) is 5.93. The van der Waals surface area contributed by atoms with E-state index in [1.54, 1.807) is 0 Å². The van der Waals surface area contributed by atoms with Crippen molar-refractivity contribution in [2.75, 3.05) is 0 Å². The van der Waals surface area contributed by atoms with Gasteiger partial charge in [0.2, 0.25) is 0 Å². The average Bonchev–Trinajstić information content (AvgIpc) is 2.45. The third-order valence-electron chi connectivity index (χ3n) is 3.75. The molecule has 22 heavy (non-hydrogen) atoms. The van der Waals surface area contributed by atoms with Gasteiger partial charge in [-0.05, 0) is 66.0 Å². The van der Waals surface area contributed by atoms with E-state index in [-0.39, 0.29) is 16.1 Å². The van der Waals surface area contributed by atoms with Gasteiger partial charge in [0.25, 0.3) is 0 Å². The molecule has 0 aromatic heterocycles. The molecule has 0 saturated heterocycles. The summed E-state index contributed by atoms with van der Waals surface area (Å²) >= 11 is 4.46. The Bertz CT molecular complexity index is 540. The normalized spacial score (nSPS) is 26.5. The Morgan fingerprint density at radius 2 is 2.18 bits per heavy atom. The molecule has 5 nitrogen and oxygen atoms in total. The van der Waals surface area contributed by atoms with Gasteiger partial charge in [-0.3, -0.25) is 4.79 Å². The number of hydrogen-bond acceptors (Lipinski definition) is 4. The summed E-state index contributed by atoms with van der Waals surface area (Å²) in [7, 11) is 0. The highest BCUT2D eigenvalue weighted by molar-refractivity contribution is 14.1. The molecule has 1 aliphatic rings. The van der Waals surface area contributed by atoms with Gasteiger partial charge in [-0.1, -0.05) is 28.7 Å². The van der Waals surface area contributed by atoms with Crippen molar-refractivity contribution in [2.24, 2.45) is 5.73 Å². The molecule has 0 bridgehead atoms. The fourth-order valence-electron chi connectivity index (χ4n) is 2.46. The topological polar surface area (TPSA) is 92.8 Å². The molecule has 0 radical (unpaired) electrons. The van der Waals surface area contributed by atoms with Crippen LogP contribution in [0.5, 0.6) is 5.75 Å². The number of ether oxygens (including phenoxy) is 1. The first-order chi connectivity index (χ1) is 10.4. The number of carboxylic acid groups (broad SMARTS) is 1. The molecule has 1 aliphatic carbocycles. The summed E-state index contributed by atoms with van der Waals surface area (Å²) in [5.41, 5.74) is 6.44. The van der Waals surface area contributed by atoms with E-state index in [9.17, 15) is 9.90 Å². The van der Waals surface area contributed by atoms with E-state index in [1.807, 2.05) is 18.2 Å². The Morgan fingerprint density at radius 3 is 2.77 bits per heavy atom. The van der Waals surface area contributed by atoms with Crippen molar-refractivity contribution in [3.8, 4) is 5.75 Å². The van der Waals surface area contributed by atoms with E-state index in [4.69, 9.17) is 15.6 Å². The molecule has 1 aromatic carbocycles. The van der Waals surface area contributed by atoms with Crippen LogP contribution < -0.4 is 10.5 Å². The van der Waals surface area contributed by atoms with E-state index in [1.165, 1.54) is 0 Å². The minimum absolute atomic E-state index is 0.117. The van der Waals surface area contributed by atoms with Crippen molar-refractivity contribution in [1.29, 1.82) is 0 Å². The van der Waals surface area contributed by atoms with Gasteiger partial charge in [-0.15, -0.1) is 0 Å². The first-order valence-electron chi connectivity index (χ1n) is 7.12. The molecule has 4 atom stereocenters. The zero-order valence-electron chi connectivity index (χ0n) is 11.9. The largest absolute Gasteiger partial charge is 0.489 e. The van der Waals surface area contributed by atoms with Crippen LogP contribution in [-0.2, 0) is 11.2 Å². The minimum atomic E-state index is -0.996. The predicted octanol–water partition coefficient (Wildman–Crippen LogP) is 2.34. The summed E-state index contributed by atoms with van der Waals surface area (Å²) in [5, 5.41) is 18.6. The second kappa shape index (κ2) is 8.11. The first-order valence-corrected chi connectivity index (χ1v) is 9.45. The predicted molar refractivity (Wildman–Crippen MR) is 101 cm³/mol. The zero-order chi connectivity index (χ0) is 16.3. The number of carboxylic acids is 1. The standard InChI is InChI=1S/C15H19I2NO4/c16-10-7-9(2-3-13(10)19)22-14-4-1-8(5-11(14)17)6-12(18)15(20)21/h1,4-5,9-10,12-13,19H,2-3,6-7,18H2,(H,20,21). The lowest BCUT2D eigenvalue weighted by atomic mass is 9.95. The van der Waals surface area contributed by atoms with Crippen LogP contribution in [0.4, 0.5) is 0 Å². The zero-order valence-corrected chi connectivity index (χ0v) is 16.2. The van der Waals surface area contributed by atoms with Gasteiger partial charge in [-0.25, -0.2) is 0 Å². The summed E-state index contributed by atoms with van der Waals surface area (Å²) in [6.45, 7) is 0. The lowest BCUT2D eigenvalue weighted by Crippen LogP contribution is -2.35. The molecule has 7 heteroatoms. The maximum Gasteiger partial charge on any atom is 0.320 e. The fraction of sp³-hybridized carbons (Fsp3) is 0.533. The molecule has 0 heterocycles. The van der Waals surface area contributed by atoms with Gasteiger partial charge in [0.1, 0.15) is 11.8 Å². The Morgan fingerprint density at radius 1 is 1.45 bits per heavy atom. The van der Waals surface area contributed by atoms with Crippen LogP contribution >= 0.6 is 45.2 Å². The lowest BCUT2D eigenvalue weighted by Gasteiger charge is -2.30. The Kier molecular flexibility index (Phi) is 6.72. The van der Waals surface area contributed by atoms with Gasteiger partial charge in [0.15, 0.2) is 0 Å². The summed E-state index contributed by atoms with van der Waals surface area (Å²) in [6.07, 6.45) is 2.63. The highest BCUT2D eigenvalue weighted by Gasteiger charge is 2.28. The molecule has 1 aromatic rings. The van der Waals surface area contributed by atoms with Crippen molar-refractivity contribution in [3.05, 3.63) is 27.3 Å². The summed E-state index contributed by atoms with van der Waals surface area (Å²) in [6, 6.07) is 4.76. The Balaban J connectivity index is 1.99.